The zero-order chi connectivity index (χ0) is 13.5. The van der Waals surface area contributed by atoms with E-state index in [0.717, 1.165) is 22.4 Å². The van der Waals surface area contributed by atoms with E-state index in [9.17, 15) is 5.11 Å². The van der Waals surface area contributed by atoms with Crippen molar-refractivity contribution in [1.82, 2.24) is 0 Å². The first-order valence-corrected chi connectivity index (χ1v) is 5.94. The first-order chi connectivity index (χ1) is 8.60. The van der Waals surface area contributed by atoms with Gasteiger partial charge in [0.2, 0.25) is 0 Å². The Balaban J connectivity index is 2.76. The maximum Gasteiger partial charge on any atom is 0.122 e. The number of benzene rings is 1. The smallest absolute Gasteiger partial charge is 0.122 e. The van der Waals surface area contributed by atoms with E-state index in [2.05, 4.69) is 10.0 Å². The minimum absolute atomic E-state index is 0.418. The van der Waals surface area contributed by atoms with Gasteiger partial charge in [-0.05, 0) is 61.0 Å². The second kappa shape index (κ2) is 6.89. The number of hydrogen-bond donors (Lipinski definition) is 1. The van der Waals surface area contributed by atoms with Crippen LogP contribution >= 0.6 is 0 Å². The molecule has 0 aromatic heterocycles. The molecule has 0 aliphatic rings. The van der Waals surface area contributed by atoms with Crippen molar-refractivity contribution < 1.29 is 9.84 Å². The molecule has 5 nitrogen and oxygen atoms in total. The highest BCUT2D eigenvalue weighted by Crippen LogP contribution is 2.28. The van der Waals surface area contributed by atoms with E-state index in [1.807, 2.05) is 26.0 Å². The molecule has 0 aliphatic heterocycles. The number of aryl methyl sites for hydroxylation is 2. The predicted octanol–water partition coefficient (Wildman–Crippen LogP) is 3.44. The first kappa shape index (κ1) is 14.4. The van der Waals surface area contributed by atoms with Gasteiger partial charge in [0.1, 0.15) is 5.75 Å². The maximum absolute atomic E-state index is 10.1. The second-order valence-electron chi connectivity index (χ2n) is 4.29. The summed E-state index contributed by atoms with van der Waals surface area (Å²) in [6.07, 6.45) is 0.741. The van der Waals surface area contributed by atoms with Crippen molar-refractivity contribution in [2.75, 3.05) is 13.7 Å². The van der Waals surface area contributed by atoms with Gasteiger partial charge in [-0.3, -0.25) is 0 Å². The van der Waals surface area contributed by atoms with Crippen molar-refractivity contribution in [3.05, 3.63) is 39.3 Å². The van der Waals surface area contributed by atoms with Gasteiger partial charge >= 0.3 is 0 Å². The van der Waals surface area contributed by atoms with Crippen molar-refractivity contribution in [2.24, 2.45) is 5.11 Å². The molecule has 0 saturated carbocycles. The van der Waals surface area contributed by atoms with Gasteiger partial charge in [0, 0.05) is 11.5 Å². The molecule has 0 radical (unpaired) electrons. The van der Waals surface area contributed by atoms with Crippen LogP contribution in [-0.2, 0) is 0 Å². The monoisotopic (exact) mass is 249 g/mol. The molecule has 1 N–H and O–H groups in total. The van der Waals surface area contributed by atoms with E-state index >= 15 is 0 Å². The van der Waals surface area contributed by atoms with Crippen LogP contribution in [0.1, 0.15) is 35.6 Å². The van der Waals surface area contributed by atoms with Crippen molar-refractivity contribution in [1.29, 1.82) is 0 Å². The fourth-order valence-corrected chi connectivity index (χ4v) is 1.95. The van der Waals surface area contributed by atoms with Gasteiger partial charge in [-0.2, -0.15) is 0 Å². The summed E-state index contributed by atoms with van der Waals surface area (Å²) in [7, 11) is 1.64. The lowest BCUT2D eigenvalue weighted by Gasteiger charge is -2.16. The van der Waals surface area contributed by atoms with E-state index in [1.165, 1.54) is 0 Å². The van der Waals surface area contributed by atoms with Gasteiger partial charge in [-0.15, -0.1) is 0 Å². The summed E-state index contributed by atoms with van der Waals surface area (Å²) >= 11 is 0. The Morgan fingerprint density at radius 1 is 1.39 bits per heavy atom. The number of aliphatic hydroxyl groups excluding tert-OH is 1. The second-order valence-corrected chi connectivity index (χ2v) is 4.29. The lowest BCUT2D eigenvalue weighted by molar-refractivity contribution is 0.164. The standard InChI is InChI=1S/C13H19N3O2/c1-9-8-13(18-3)10(2)7-11(9)12(17)5-4-6-15-16-14/h7-8,12,17H,4-6H2,1-3H3. The molecule has 98 valence electrons. The van der Waals surface area contributed by atoms with Crippen LogP contribution < -0.4 is 4.74 Å². The molecule has 0 saturated heterocycles. The number of nitrogens with zero attached hydrogens (tertiary/aromatic N) is 3. The van der Waals surface area contributed by atoms with E-state index in [1.54, 1.807) is 7.11 Å². The molecule has 0 aliphatic carbocycles. The predicted molar refractivity (Wildman–Crippen MR) is 70.7 cm³/mol. The summed E-state index contributed by atoms with van der Waals surface area (Å²) in [6, 6.07) is 3.88. The molecule has 1 aromatic rings. The van der Waals surface area contributed by atoms with E-state index in [-0.39, 0.29) is 0 Å². The minimum atomic E-state index is -0.525. The zero-order valence-electron chi connectivity index (χ0n) is 11.1. The highest BCUT2D eigenvalue weighted by Gasteiger charge is 2.12. The number of azide groups is 1. The van der Waals surface area contributed by atoms with Gasteiger partial charge in [0.15, 0.2) is 0 Å². The third kappa shape index (κ3) is 3.65. The number of rotatable bonds is 6. The number of methoxy groups -OCH3 is 1. The molecule has 1 rings (SSSR count). The summed E-state index contributed by atoms with van der Waals surface area (Å²) in [4.78, 5) is 2.69. The Bertz CT molecular complexity index is 454. The molecule has 0 bridgehead atoms. The highest BCUT2D eigenvalue weighted by atomic mass is 16.5. The molecule has 1 aromatic carbocycles. The van der Waals surface area contributed by atoms with Gasteiger partial charge < -0.3 is 9.84 Å². The quantitative estimate of drug-likeness (QED) is 0.363. The van der Waals surface area contributed by atoms with Crippen LogP contribution in [0, 0.1) is 13.8 Å². The van der Waals surface area contributed by atoms with Crippen LogP contribution in [0.2, 0.25) is 0 Å². The minimum Gasteiger partial charge on any atom is -0.496 e. The fraction of sp³-hybridized carbons (Fsp3) is 0.538. The summed E-state index contributed by atoms with van der Waals surface area (Å²) in [5.74, 6) is 0.831. The summed E-state index contributed by atoms with van der Waals surface area (Å²) in [5.41, 5.74) is 11.1. The average molecular weight is 249 g/mol. The fourth-order valence-electron chi connectivity index (χ4n) is 1.95. The largest absolute Gasteiger partial charge is 0.496 e. The Labute approximate surface area is 107 Å². The zero-order valence-corrected chi connectivity index (χ0v) is 11.1. The van der Waals surface area contributed by atoms with Crippen LogP contribution in [-0.4, -0.2) is 18.8 Å². The van der Waals surface area contributed by atoms with Crippen LogP contribution in [0.3, 0.4) is 0 Å². The lowest BCUT2D eigenvalue weighted by Crippen LogP contribution is -2.02. The molecule has 0 fully saturated rings. The SMILES string of the molecule is COc1cc(C)c(C(O)CCCN=[N+]=[N-])cc1C. The Morgan fingerprint density at radius 2 is 2.11 bits per heavy atom. The van der Waals surface area contributed by atoms with Crippen molar-refractivity contribution in [3.8, 4) is 5.75 Å². The lowest BCUT2D eigenvalue weighted by atomic mass is 9.97. The van der Waals surface area contributed by atoms with Crippen molar-refractivity contribution >= 4 is 0 Å². The third-order valence-electron chi connectivity index (χ3n) is 2.94. The average Bonchev–Trinajstić information content (AvgIpc) is 2.36. The maximum atomic E-state index is 10.1. The molecular formula is C13H19N3O2. The molecule has 1 atom stereocenters. The van der Waals surface area contributed by atoms with Crippen LogP contribution in [0.25, 0.3) is 10.4 Å². The number of hydrogen-bond acceptors (Lipinski definition) is 3. The van der Waals surface area contributed by atoms with E-state index in [0.29, 0.717) is 19.4 Å². The van der Waals surface area contributed by atoms with Crippen molar-refractivity contribution in [3.63, 3.8) is 0 Å². The molecule has 18 heavy (non-hydrogen) atoms. The summed E-state index contributed by atoms with van der Waals surface area (Å²) in [5, 5.41) is 13.6. The van der Waals surface area contributed by atoms with Crippen LogP contribution in [0.15, 0.2) is 17.2 Å². The Kier molecular flexibility index (Phi) is 5.49. The van der Waals surface area contributed by atoms with Gasteiger partial charge in [-0.1, -0.05) is 5.11 Å². The van der Waals surface area contributed by atoms with E-state index < -0.39 is 6.10 Å². The number of ether oxygens (including phenoxy) is 1. The number of aliphatic hydroxyl groups is 1. The highest BCUT2D eigenvalue weighted by molar-refractivity contribution is 5.42. The van der Waals surface area contributed by atoms with Crippen LogP contribution in [0.4, 0.5) is 0 Å². The first-order valence-electron chi connectivity index (χ1n) is 5.94. The molecule has 0 heterocycles. The van der Waals surface area contributed by atoms with Crippen molar-refractivity contribution in [2.45, 2.75) is 32.8 Å². The summed E-state index contributed by atoms with van der Waals surface area (Å²) in [6.45, 7) is 4.32. The molecule has 1 unspecified atom stereocenters. The molecule has 5 heteroatoms. The van der Waals surface area contributed by atoms with Gasteiger partial charge in [0.25, 0.3) is 0 Å². The third-order valence-corrected chi connectivity index (χ3v) is 2.94. The summed E-state index contributed by atoms with van der Waals surface area (Å²) < 4.78 is 5.24. The molecular weight excluding hydrogens is 230 g/mol. The topological polar surface area (TPSA) is 78.2 Å². The van der Waals surface area contributed by atoms with E-state index in [4.69, 9.17) is 10.3 Å². The van der Waals surface area contributed by atoms with Gasteiger partial charge in [0.05, 0.1) is 13.2 Å². The normalized spacial score (nSPS) is 11.8. The molecule has 0 spiro atoms. The Hall–Kier alpha value is -1.71. The van der Waals surface area contributed by atoms with Gasteiger partial charge in [-0.25, -0.2) is 0 Å². The Morgan fingerprint density at radius 3 is 2.72 bits per heavy atom. The molecule has 0 amide bonds. The van der Waals surface area contributed by atoms with Crippen LogP contribution in [0.5, 0.6) is 5.75 Å².